The second kappa shape index (κ2) is 19.3. The summed E-state index contributed by atoms with van der Waals surface area (Å²) in [6.45, 7) is 34.4. The van der Waals surface area contributed by atoms with E-state index in [9.17, 15) is 0 Å². The van der Waals surface area contributed by atoms with Gasteiger partial charge in [0.1, 0.15) is 0 Å². The van der Waals surface area contributed by atoms with Crippen molar-refractivity contribution in [2.24, 2.45) is 11.8 Å². The van der Waals surface area contributed by atoms with Gasteiger partial charge in [-0.05, 0) is 0 Å². The molecule has 2 aliphatic rings. The standard InChI is InChI=1S/2C23H35Si.6CH3.2Ti/c1-16(2)14-24(15-17(3)4,22-12-10-9-11-13-22)23-20(7)18(5)19(6)21(23)8;1-7-9-16-24(17-10-8-2,22-14-12-11-13-15-22)23(6)18-19(3)20(4)21(23)5;;;;;;;;/h9-13,16-17H,14-15H2,1-8H3;11-15H,7-10,16-17H2,1-6H3;6*1H3;;. The van der Waals surface area contributed by atoms with E-state index in [1.807, 2.05) is 3.88 Å². The average molecular weight is 865 g/mol. The fraction of sp³-hybridized carbons (Fsp3) is 0.615. The summed E-state index contributed by atoms with van der Waals surface area (Å²) in [4.78, 5) is 0. The minimum absolute atomic E-state index is 0.297. The molecule has 0 aliphatic heterocycles. The van der Waals surface area contributed by atoms with Gasteiger partial charge in [-0.15, -0.1) is 0 Å². The normalized spacial score (nSPS) is 19.5. The summed E-state index contributed by atoms with van der Waals surface area (Å²) in [5, 5.41) is 19.7. The van der Waals surface area contributed by atoms with Crippen molar-refractivity contribution in [2.45, 2.75) is 187 Å². The van der Waals surface area contributed by atoms with Crippen LogP contribution in [-0.2, 0) is 33.2 Å². The first kappa shape index (κ1) is 49.6. The van der Waals surface area contributed by atoms with Crippen LogP contribution in [0.25, 0.3) is 0 Å². The third-order valence-corrected chi connectivity index (χ3v) is 42.4. The first-order valence-electron chi connectivity index (χ1n) is 22.8. The number of hydrogen-bond donors (Lipinski definition) is 0. The quantitative estimate of drug-likeness (QED) is 0.148. The van der Waals surface area contributed by atoms with Gasteiger partial charge in [-0.25, -0.2) is 0 Å². The minimum atomic E-state index is -2.21. The fourth-order valence-corrected chi connectivity index (χ4v) is 48.3. The van der Waals surface area contributed by atoms with Gasteiger partial charge >= 0.3 is 362 Å². The van der Waals surface area contributed by atoms with E-state index in [0.29, 0.717) is 8.38 Å². The van der Waals surface area contributed by atoms with Gasteiger partial charge in [0.2, 0.25) is 0 Å². The Morgan fingerprint density at radius 1 is 0.518 bits per heavy atom. The van der Waals surface area contributed by atoms with Crippen molar-refractivity contribution < 1.29 is 33.2 Å². The van der Waals surface area contributed by atoms with Crippen LogP contribution < -0.4 is 10.4 Å². The van der Waals surface area contributed by atoms with Crippen LogP contribution in [0.5, 0.6) is 0 Å². The Balaban J connectivity index is 0.000000300. The molecule has 0 saturated heterocycles. The van der Waals surface area contributed by atoms with E-state index in [2.05, 4.69) is 189 Å². The van der Waals surface area contributed by atoms with Crippen molar-refractivity contribution >= 4 is 26.5 Å². The number of benzene rings is 2. The molecular weight excluding hydrogens is 776 g/mol. The Bertz CT molecular complexity index is 1720. The Morgan fingerprint density at radius 3 is 1.20 bits per heavy atom. The Hall–Kier alpha value is -0.738. The molecule has 0 aromatic heterocycles. The van der Waals surface area contributed by atoms with E-state index in [4.69, 9.17) is 0 Å². The summed E-state index contributed by atoms with van der Waals surface area (Å²) < 4.78 is 2.28. The summed E-state index contributed by atoms with van der Waals surface area (Å²) in [5.41, 5.74) is 11.7. The van der Waals surface area contributed by atoms with Crippen molar-refractivity contribution in [1.29, 1.82) is 0 Å². The molecule has 1 atom stereocenters. The van der Waals surface area contributed by atoms with Crippen LogP contribution in [0.15, 0.2) is 104 Å². The van der Waals surface area contributed by atoms with Crippen LogP contribution in [0.3, 0.4) is 0 Å². The van der Waals surface area contributed by atoms with Crippen LogP contribution in [0.4, 0.5) is 0 Å². The van der Waals surface area contributed by atoms with E-state index in [-0.39, 0.29) is 0 Å². The van der Waals surface area contributed by atoms with Crippen molar-refractivity contribution in [3.63, 3.8) is 0 Å². The second-order valence-corrected chi connectivity index (χ2v) is 47.3. The molecule has 0 amide bonds. The van der Waals surface area contributed by atoms with E-state index in [0.717, 1.165) is 11.8 Å². The number of allylic oxidation sites excluding steroid dienone is 8. The van der Waals surface area contributed by atoms with Gasteiger partial charge in [0, 0.05) is 0 Å². The van der Waals surface area contributed by atoms with Crippen LogP contribution in [0, 0.1) is 11.8 Å². The van der Waals surface area contributed by atoms with Crippen molar-refractivity contribution in [1.82, 2.24) is 0 Å². The SMILES string of the molecule is CC1=C(C)[C]([Si](CC(C)C)(CC(C)C)c2ccccc2)([Ti]([CH3])([CH3])[CH3])C(C)=C1C.CCCC[Si](CCCC)(c1ccccc1)C1(C)C(C)=C(C)C(C)=[C]1[Ti]([CH3])([CH3])[CH3]. The summed E-state index contributed by atoms with van der Waals surface area (Å²) in [6, 6.07) is 29.2. The third-order valence-electron chi connectivity index (χ3n) is 15.2. The van der Waals surface area contributed by atoms with Crippen molar-refractivity contribution in [2.75, 3.05) is 0 Å². The van der Waals surface area contributed by atoms with Gasteiger partial charge in [-0.3, -0.25) is 0 Å². The Kier molecular flexibility index (Phi) is 17.1. The first-order chi connectivity index (χ1) is 25.9. The van der Waals surface area contributed by atoms with E-state index in [1.165, 1.54) is 49.9 Å². The van der Waals surface area contributed by atoms with Crippen LogP contribution in [-0.4, -0.2) is 16.1 Å². The molecule has 0 N–H and O–H groups in total. The van der Waals surface area contributed by atoms with Gasteiger partial charge in [-0.2, -0.15) is 0 Å². The first-order valence-corrected chi connectivity index (χ1v) is 38.5. The predicted molar refractivity (Wildman–Crippen MR) is 256 cm³/mol. The molecule has 0 nitrogen and oxygen atoms in total. The van der Waals surface area contributed by atoms with Crippen LogP contribution in [0.1, 0.15) is 123 Å². The van der Waals surface area contributed by atoms with E-state index in [1.54, 1.807) is 49.4 Å². The topological polar surface area (TPSA) is 0 Å². The maximum absolute atomic E-state index is 2.70. The molecule has 4 rings (SSSR count). The summed E-state index contributed by atoms with van der Waals surface area (Å²) in [6.07, 6.45) is 5.35. The average Bonchev–Trinajstić information content (AvgIpc) is 3.42. The molecule has 312 valence electrons. The molecule has 0 radical (unpaired) electrons. The number of hydrogen-bond acceptors (Lipinski definition) is 0. The Morgan fingerprint density at radius 2 is 0.875 bits per heavy atom. The molecule has 0 saturated carbocycles. The maximum atomic E-state index is 2.70. The van der Waals surface area contributed by atoms with Crippen LogP contribution >= 0.6 is 0 Å². The zero-order valence-corrected chi connectivity index (χ0v) is 45.7. The van der Waals surface area contributed by atoms with E-state index >= 15 is 0 Å². The van der Waals surface area contributed by atoms with Crippen molar-refractivity contribution in [3.05, 3.63) is 104 Å². The third kappa shape index (κ3) is 8.84. The molecule has 1 unspecified atom stereocenters. The predicted octanol–water partition coefficient (Wildman–Crippen LogP) is 17.0. The molecular formula is C52H88Si2Ti2. The summed E-state index contributed by atoms with van der Waals surface area (Å²) in [5.74, 6) is 1.46. The molecule has 0 bridgehead atoms. The Labute approximate surface area is 358 Å². The molecule has 0 spiro atoms. The van der Waals surface area contributed by atoms with Gasteiger partial charge in [0.15, 0.2) is 0 Å². The zero-order chi connectivity index (χ0) is 42.7. The van der Waals surface area contributed by atoms with Gasteiger partial charge in [0.25, 0.3) is 0 Å². The zero-order valence-electron chi connectivity index (χ0n) is 40.6. The molecule has 56 heavy (non-hydrogen) atoms. The van der Waals surface area contributed by atoms with Crippen LogP contribution in [0.2, 0.25) is 63.9 Å². The number of unbranched alkanes of at least 4 members (excludes halogenated alkanes) is 2. The molecule has 0 fully saturated rings. The molecule has 2 aromatic carbocycles. The van der Waals surface area contributed by atoms with Gasteiger partial charge < -0.3 is 0 Å². The van der Waals surface area contributed by atoms with E-state index < -0.39 is 49.3 Å². The molecule has 2 aromatic rings. The van der Waals surface area contributed by atoms with Gasteiger partial charge in [-0.1, -0.05) is 0 Å². The van der Waals surface area contributed by atoms with Crippen molar-refractivity contribution in [3.8, 4) is 0 Å². The van der Waals surface area contributed by atoms with Gasteiger partial charge in [0.05, 0.1) is 0 Å². The second-order valence-electron chi connectivity index (χ2n) is 21.4. The molecule has 2 aliphatic carbocycles. The molecule has 0 heterocycles. The molecule has 4 heteroatoms. The summed E-state index contributed by atoms with van der Waals surface area (Å²) >= 11 is -4.24. The monoisotopic (exact) mass is 865 g/mol. The fourth-order valence-electron chi connectivity index (χ4n) is 13.2. The number of rotatable bonds is 16. The summed E-state index contributed by atoms with van der Waals surface area (Å²) in [7, 11) is -3.69.